The minimum Gasteiger partial charge on any atom is -0.381 e. The second-order valence-electron chi connectivity index (χ2n) is 6.81. The monoisotopic (exact) mass is 304 g/mol. The fraction of sp³-hybridized carbons (Fsp3) is 0.647. The minimum atomic E-state index is -0.0287. The number of rotatable bonds is 2. The molecule has 0 radical (unpaired) electrons. The van der Waals surface area contributed by atoms with Crippen LogP contribution in [0.3, 0.4) is 0 Å². The van der Waals surface area contributed by atoms with E-state index in [0.29, 0.717) is 11.3 Å². The van der Waals surface area contributed by atoms with Gasteiger partial charge in [-0.1, -0.05) is 0 Å². The lowest BCUT2D eigenvalue weighted by Crippen LogP contribution is -2.46. The van der Waals surface area contributed by atoms with E-state index in [1.54, 1.807) is 0 Å². The maximum atomic E-state index is 13.0. The van der Waals surface area contributed by atoms with Gasteiger partial charge < -0.3 is 14.6 Å². The van der Waals surface area contributed by atoms with Gasteiger partial charge in [-0.2, -0.15) is 0 Å². The third-order valence-corrected chi connectivity index (χ3v) is 5.14. The van der Waals surface area contributed by atoms with Crippen molar-refractivity contribution in [2.75, 3.05) is 26.3 Å². The van der Waals surface area contributed by atoms with Crippen LogP contribution in [0.5, 0.6) is 0 Å². The number of aromatic amines is 1. The van der Waals surface area contributed by atoms with E-state index in [1.807, 2.05) is 18.7 Å². The summed E-state index contributed by atoms with van der Waals surface area (Å²) >= 11 is 0. The Bertz CT molecular complexity index is 612. The van der Waals surface area contributed by atoms with Gasteiger partial charge in [-0.05, 0) is 38.7 Å². The zero-order valence-corrected chi connectivity index (χ0v) is 13.6. The SMILES string of the molecule is CC(=O)c1[nH]c(C)c(C(=O)N2CCCC3(CCOC3)C2)c1C. The number of ether oxygens (including phenoxy) is 1. The third-order valence-electron chi connectivity index (χ3n) is 5.14. The lowest BCUT2D eigenvalue weighted by molar-refractivity contribution is 0.0461. The molecule has 1 N–H and O–H groups in total. The topological polar surface area (TPSA) is 62.4 Å². The maximum absolute atomic E-state index is 13.0. The molecule has 1 aromatic heterocycles. The fourth-order valence-electron chi connectivity index (χ4n) is 3.93. The number of hydrogen-bond acceptors (Lipinski definition) is 3. The Labute approximate surface area is 131 Å². The summed E-state index contributed by atoms with van der Waals surface area (Å²) in [5.41, 5.74) is 2.93. The van der Waals surface area contributed by atoms with E-state index in [0.717, 1.165) is 56.8 Å². The molecule has 0 aliphatic carbocycles. The molecule has 1 aromatic rings. The van der Waals surface area contributed by atoms with Gasteiger partial charge in [0.1, 0.15) is 0 Å². The molecule has 3 rings (SSSR count). The van der Waals surface area contributed by atoms with Gasteiger partial charge >= 0.3 is 0 Å². The number of aromatic nitrogens is 1. The number of carbonyl (C=O) groups excluding carboxylic acids is 2. The zero-order chi connectivity index (χ0) is 15.9. The highest BCUT2D eigenvalue weighted by Crippen LogP contribution is 2.38. The highest BCUT2D eigenvalue weighted by molar-refractivity contribution is 6.02. The number of carbonyl (C=O) groups is 2. The number of nitrogens with one attached hydrogen (secondary N) is 1. The van der Waals surface area contributed by atoms with E-state index >= 15 is 0 Å². The molecule has 120 valence electrons. The normalized spacial score (nSPS) is 25.0. The molecule has 0 aromatic carbocycles. The van der Waals surface area contributed by atoms with Crippen LogP contribution >= 0.6 is 0 Å². The van der Waals surface area contributed by atoms with Crippen LogP contribution in [0.25, 0.3) is 0 Å². The fourth-order valence-corrected chi connectivity index (χ4v) is 3.93. The number of H-pyrrole nitrogens is 1. The Morgan fingerprint density at radius 2 is 2.05 bits per heavy atom. The van der Waals surface area contributed by atoms with Crippen molar-refractivity contribution < 1.29 is 14.3 Å². The van der Waals surface area contributed by atoms with Crippen LogP contribution in [-0.2, 0) is 4.74 Å². The number of amides is 1. The summed E-state index contributed by atoms with van der Waals surface area (Å²) in [5, 5.41) is 0. The first-order chi connectivity index (χ1) is 10.4. The quantitative estimate of drug-likeness (QED) is 0.854. The molecule has 2 aliphatic heterocycles. The smallest absolute Gasteiger partial charge is 0.255 e. The molecule has 1 spiro atoms. The predicted octanol–water partition coefficient (Wildman–Crippen LogP) is 2.48. The Kier molecular flexibility index (Phi) is 3.85. The molecular weight excluding hydrogens is 280 g/mol. The summed E-state index contributed by atoms with van der Waals surface area (Å²) in [6.45, 7) is 8.37. The highest BCUT2D eigenvalue weighted by Gasteiger charge is 2.41. The molecule has 1 unspecified atom stereocenters. The van der Waals surface area contributed by atoms with Crippen molar-refractivity contribution >= 4 is 11.7 Å². The first-order valence-electron chi connectivity index (χ1n) is 8.01. The van der Waals surface area contributed by atoms with Crippen LogP contribution in [0.2, 0.25) is 0 Å². The first kappa shape index (κ1) is 15.3. The van der Waals surface area contributed by atoms with Crippen molar-refractivity contribution in [2.24, 2.45) is 5.41 Å². The molecule has 5 heteroatoms. The second kappa shape index (κ2) is 5.54. The van der Waals surface area contributed by atoms with E-state index in [9.17, 15) is 9.59 Å². The van der Waals surface area contributed by atoms with Gasteiger partial charge in [0.15, 0.2) is 5.78 Å². The maximum Gasteiger partial charge on any atom is 0.255 e. The number of piperidine rings is 1. The van der Waals surface area contributed by atoms with E-state index in [2.05, 4.69) is 4.98 Å². The van der Waals surface area contributed by atoms with Gasteiger partial charge in [0.25, 0.3) is 5.91 Å². The number of Topliss-reactive ketones (excluding diaryl/α,β-unsaturated/α-hetero) is 1. The predicted molar refractivity (Wildman–Crippen MR) is 83.3 cm³/mol. The molecule has 2 fully saturated rings. The molecule has 2 aliphatic rings. The Morgan fingerprint density at radius 1 is 1.27 bits per heavy atom. The average molecular weight is 304 g/mol. The van der Waals surface area contributed by atoms with Crippen molar-refractivity contribution in [1.29, 1.82) is 0 Å². The number of ketones is 1. The number of aryl methyl sites for hydroxylation is 1. The van der Waals surface area contributed by atoms with Gasteiger partial charge in [0.05, 0.1) is 17.9 Å². The standard InChI is InChI=1S/C17H24N2O3/c1-11-14(12(2)18-15(11)13(3)20)16(21)19-7-4-5-17(9-19)6-8-22-10-17/h18H,4-10H2,1-3H3. The highest BCUT2D eigenvalue weighted by atomic mass is 16.5. The lowest BCUT2D eigenvalue weighted by Gasteiger charge is -2.39. The summed E-state index contributed by atoms with van der Waals surface area (Å²) in [6.07, 6.45) is 3.21. The van der Waals surface area contributed by atoms with E-state index < -0.39 is 0 Å². The molecule has 1 amide bonds. The van der Waals surface area contributed by atoms with Crippen LogP contribution in [0, 0.1) is 19.3 Å². The number of likely N-dealkylation sites (tertiary alicyclic amines) is 1. The molecule has 5 nitrogen and oxygen atoms in total. The summed E-state index contributed by atoms with van der Waals surface area (Å²) in [7, 11) is 0. The lowest BCUT2D eigenvalue weighted by atomic mass is 9.79. The molecule has 0 bridgehead atoms. The molecule has 1 atom stereocenters. The summed E-state index contributed by atoms with van der Waals surface area (Å²) < 4.78 is 5.57. The summed E-state index contributed by atoms with van der Waals surface area (Å²) in [6, 6.07) is 0. The van der Waals surface area contributed by atoms with Gasteiger partial charge in [0.2, 0.25) is 0 Å². The second-order valence-corrected chi connectivity index (χ2v) is 6.81. The zero-order valence-electron chi connectivity index (χ0n) is 13.6. The van der Waals surface area contributed by atoms with Gasteiger partial charge in [0, 0.05) is 37.7 Å². The third kappa shape index (κ3) is 2.47. The Morgan fingerprint density at radius 3 is 2.64 bits per heavy atom. The Hall–Kier alpha value is -1.62. The van der Waals surface area contributed by atoms with Crippen LogP contribution in [-0.4, -0.2) is 47.9 Å². The van der Waals surface area contributed by atoms with Crippen LogP contribution in [0.4, 0.5) is 0 Å². The summed E-state index contributed by atoms with van der Waals surface area (Å²) in [4.78, 5) is 29.7. The van der Waals surface area contributed by atoms with Gasteiger partial charge in [-0.15, -0.1) is 0 Å². The first-order valence-corrected chi connectivity index (χ1v) is 8.01. The number of nitrogens with zero attached hydrogens (tertiary/aromatic N) is 1. The molecule has 22 heavy (non-hydrogen) atoms. The summed E-state index contributed by atoms with van der Waals surface area (Å²) in [5.74, 6) is 0.0173. The van der Waals surface area contributed by atoms with Crippen molar-refractivity contribution in [3.8, 4) is 0 Å². The minimum absolute atomic E-state index is 0.0287. The van der Waals surface area contributed by atoms with Crippen LogP contribution in [0.1, 0.15) is 58.3 Å². The molecule has 0 saturated carbocycles. The molecule has 3 heterocycles. The van der Waals surface area contributed by atoms with Crippen molar-refractivity contribution in [3.05, 3.63) is 22.5 Å². The van der Waals surface area contributed by atoms with Crippen molar-refractivity contribution in [3.63, 3.8) is 0 Å². The van der Waals surface area contributed by atoms with Crippen molar-refractivity contribution in [1.82, 2.24) is 9.88 Å². The largest absolute Gasteiger partial charge is 0.381 e. The van der Waals surface area contributed by atoms with Crippen LogP contribution in [0.15, 0.2) is 0 Å². The molecule has 2 saturated heterocycles. The molecular formula is C17H24N2O3. The van der Waals surface area contributed by atoms with E-state index in [-0.39, 0.29) is 17.1 Å². The van der Waals surface area contributed by atoms with Gasteiger partial charge in [-0.3, -0.25) is 9.59 Å². The Balaban J connectivity index is 1.86. The van der Waals surface area contributed by atoms with Crippen molar-refractivity contribution in [2.45, 2.75) is 40.0 Å². The van der Waals surface area contributed by atoms with E-state index in [1.165, 1.54) is 6.92 Å². The number of hydrogen-bond donors (Lipinski definition) is 1. The van der Waals surface area contributed by atoms with E-state index in [4.69, 9.17) is 4.74 Å². The average Bonchev–Trinajstić information content (AvgIpc) is 3.03. The van der Waals surface area contributed by atoms with Gasteiger partial charge in [-0.25, -0.2) is 0 Å². The van der Waals surface area contributed by atoms with Crippen LogP contribution < -0.4 is 0 Å².